The van der Waals surface area contributed by atoms with Crippen LogP contribution in [0, 0.1) is 0 Å². The summed E-state index contributed by atoms with van der Waals surface area (Å²) in [5.41, 5.74) is 1.50. The van der Waals surface area contributed by atoms with Crippen LogP contribution < -0.4 is 16.9 Å². The molecule has 1 nitrogen and oxygen atoms in total. The molecular formula is C16H28ClN. The summed E-state index contributed by atoms with van der Waals surface area (Å²) in [7, 11) is 0. The molecule has 1 rings (SSSR count). The highest BCUT2D eigenvalue weighted by Crippen LogP contribution is 2.24. The zero-order valence-corrected chi connectivity index (χ0v) is 12.9. The molecule has 104 valence electrons. The fourth-order valence-electron chi connectivity index (χ4n) is 2.53. The Morgan fingerprint density at radius 2 is 1.33 bits per heavy atom. The van der Waals surface area contributed by atoms with Gasteiger partial charge in [0.25, 0.3) is 0 Å². The second-order valence-corrected chi connectivity index (χ2v) is 4.95. The van der Waals surface area contributed by atoms with E-state index in [2.05, 4.69) is 51.1 Å². The Morgan fingerprint density at radius 1 is 0.833 bits per heavy atom. The molecule has 0 atom stereocenters. The largest absolute Gasteiger partial charge is 1.00 e. The molecule has 0 unspecified atom stereocenters. The van der Waals surface area contributed by atoms with Crippen molar-refractivity contribution >= 4 is 5.69 Å². The lowest BCUT2D eigenvalue weighted by molar-refractivity contribution is -0.00000374. The second kappa shape index (κ2) is 9.41. The molecule has 0 amide bonds. The molecule has 0 heterocycles. The third kappa shape index (κ3) is 4.62. The second-order valence-electron chi connectivity index (χ2n) is 4.95. The van der Waals surface area contributed by atoms with E-state index in [9.17, 15) is 0 Å². The molecule has 1 aromatic carbocycles. The van der Waals surface area contributed by atoms with Crippen LogP contribution in [-0.2, 0) is 0 Å². The smallest absolute Gasteiger partial charge is 0.132 e. The van der Waals surface area contributed by atoms with Gasteiger partial charge in [0.2, 0.25) is 0 Å². The number of halogens is 1. The van der Waals surface area contributed by atoms with Crippen LogP contribution in [0.1, 0.15) is 46.5 Å². The van der Waals surface area contributed by atoms with Crippen molar-refractivity contribution < 1.29 is 12.4 Å². The van der Waals surface area contributed by atoms with E-state index in [0.717, 1.165) is 0 Å². The summed E-state index contributed by atoms with van der Waals surface area (Å²) in [4.78, 5) is 0. The molecule has 0 saturated heterocycles. The first-order valence-electron chi connectivity index (χ1n) is 7.20. The minimum Gasteiger partial charge on any atom is -1.00 e. The number of para-hydroxylation sites is 1. The zero-order valence-electron chi connectivity index (χ0n) is 12.2. The van der Waals surface area contributed by atoms with Gasteiger partial charge in [-0.1, -0.05) is 44.9 Å². The summed E-state index contributed by atoms with van der Waals surface area (Å²) in [5.74, 6) is 0. The van der Waals surface area contributed by atoms with E-state index >= 15 is 0 Å². The Labute approximate surface area is 119 Å². The molecule has 0 aliphatic carbocycles. The van der Waals surface area contributed by atoms with Crippen molar-refractivity contribution in [3.8, 4) is 0 Å². The number of benzene rings is 1. The normalized spacial score (nSPS) is 11.1. The standard InChI is InChI=1S/C16H28N.ClH/c1-4-7-14-17(6-3,15-8-5-2)16-12-10-9-11-13-16;/h9-13H,4-8,14-15H2,1-3H3;1H/q+1;/p-1. The molecule has 18 heavy (non-hydrogen) atoms. The van der Waals surface area contributed by atoms with Gasteiger partial charge in [0.1, 0.15) is 5.69 Å². The molecule has 0 aliphatic heterocycles. The monoisotopic (exact) mass is 269 g/mol. The van der Waals surface area contributed by atoms with Crippen LogP contribution in [0.3, 0.4) is 0 Å². The van der Waals surface area contributed by atoms with Gasteiger partial charge < -0.3 is 12.4 Å². The summed E-state index contributed by atoms with van der Waals surface area (Å²) in [6.45, 7) is 10.7. The first kappa shape index (κ1) is 17.5. The molecule has 0 saturated carbocycles. The van der Waals surface area contributed by atoms with Gasteiger partial charge in [-0.25, -0.2) is 0 Å². The van der Waals surface area contributed by atoms with Crippen molar-refractivity contribution in [2.75, 3.05) is 19.6 Å². The van der Waals surface area contributed by atoms with E-state index in [1.165, 1.54) is 55.5 Å². The van der Waals surface area contributed by atoms with E-state index in [1.54, 1.807) is 0 Å². The van der Waals surface area contributed by atoms with Crippen LogP contribution >= 0.6 is 0 Å². The highest BCUT2D eigenvalue weighted by molar-refractivity contribution is 5.42. The lowest BCUT2D eigenvalue weighted by Gasteiger charge is -2.37. The van der Waals surface area contributed by atoms with Crippen LogP contribution in [-0.4, -0.2) is 19.6 Å². The maximum atomic E-state index is 2.33. The fourth-order valence-corrected chi connectivity index (χ4v) is 2.53. The highest BCUT2D eigenvalue weighted by Gasteiger charge is 2.26. The number of rotatable bonds is 8. The Kier molecular flexibility index (Phi) is 9.13. The van der Waals surface area contributed by atoms with Crippen LogP contribution in [0.15, 0.2) is 30.3 Å². The lowest BCUT2D eigenvalue weighted by Crippen LogP contribution is -3.00. The van der Waals surface area contributed by atoms with Crippen molar-refractivity contribution in [3.05, 3.63) is 30.3 Å². The van der Waals surface area contributed by atoms with E-state index in [-0.39, 0.29) is 12.4 Å². The van der Waals surface area contributed by atoms with E-state index in [1.807, 2.05) is 0 Å². The third-order valence-corrected chi connectivity index (χ3v) is 3.79. The van der Waals surface area contributed by atoms with Crippen molar-refractivity contribution in [1.82, 2.24) is 4.48 Å². The minimum absolute atomic E-state index is 0. The Balaban J connectivity index is 0.00000289. The number of unbranched alkanes of at least 4 members (excludes halogenated alkanes) is 2. The molecular weight excluding hydrogens is 242 g/mol. The van der Waals surface area contributed by atoms with E-state index in [4.69, 9.17) is 0 Å². The SMILES string of the molecule is CCCC[N+](CC)(CCCC)c1ccccc1.[Cl-]. The molecule has 0 aliphatic rings. The van der Waals surface area contributed by atoms with Gasteiger partial charge in [-0.15, -0.1) is 0 Å². The maximum absolute atomic E-state index is 2.33. The summed E-state index contributed by atoms with van der Waals surface area (Å²) in [6, 6.07) is 11.1. The fraction of sp³-hybridized carbons (Fsp3) is 0.625. The van der Waals surface area contributed by atoms with E-state index in [0.29, 0.717) is 0 Å². The molecule has 0 radical (unpaired) electrons. The maximum Gasteiger partial charge on any atom is 0.132 e. The molecule has 0 N–H and O–H groups in total. The van der Waals surface area contributed by atoms with Gasteiger partial charge in [0.15, 0.2) is 0 Å². The van der Waals surface area contributed by atoms with Crippen molar-refractivity contribution in [1.29, 1.82) is 0 Å². The Hall–Kier alpha value is -0.530. The minimum atomic E-state index is 0. The zero-order chi connectivity index (χ0) is 12.6. The van der Waals surface area contributed by atoms with Crippen molar-refractivity contribution in [3.63, 3.8) is 0 Å². The first-order valence-corrected chi connectivity index (χ1v) is 7.20. The summed E-state index contributed by atoms with van der Waals surface area (Å²) in [5, 5.41) is 0. The van der Waals surface area contributed by atoms with Crippen LogP contribution in [0.2, 0.25) is 0 Å². The van der Waals surface area contributed by atoms with Gasteiger partial charge in [0.05, 0.1) is 19.6 Å². The van der Waals surface area contributed by atoms with Gasteiger partial charge in [-0.3, -0.25) is 4.48 Å². The average molecular weight is 270 g/mol. The molecule has 0 spiro atoms. The molecule has 2 heteroatoms. The molecule has 1 aromatic rings. The topological polar surface area (TPSA) is 0 Å². The Bertz CT molecular complexity index is 289. The van der Waals surface area contributed by atoms with Gasteiger partial charge in [0, 0.05) is 0 Å². The van der Waals surface area contributed by atoms with Crippen LogP contribution in [0.5, 0.6) is 0 Å². The first-order chi connectivity index (χ1) is 8.29. The summed E-state index contributed by atoms with van der Waals surface area (Å²) in [6.07, 6.45) is 5.23. The van der Waals surface area contributed by atoms with Gasteiger partial charge in [-0.2, -0.15) is 0 Å². The van der Waals surface area contributed by atoms with Crippen LogP contribution in [0.25, 0.3) is 0 Å². The highest BCUT2D eigenvalue weighted by atomic mass is 35.5. The number of nitrogens with zero attached hydrogens (tertiary/aromatic N) is 1. The number of hydrogen-bond acceptors (Lipinski definition) is 0. The molecule has 0 aromatic heterocycles. The van der Waals surface area contributed by atoms with Crippen molar-refractivity contribution in [2.45, 2.75) is 46.5 Å². The van der Waals surface area contributed by atoms with Crippen molar-refractivity contribution in [2.24, 2.45) is 0 Å². The molecule has 0 fully saturated rings. The third-order valence-electron chi connectivity index (χ3n) is 3.79. The van der Waals surface area contributed by atoms with Crippen LogP contribution in [0.4, 0.5) is 5.69 Å². The molecule has 0 bridgehead atoms. The average Bonchev–Trinajstić information content (AvgIpc) is 2.41. The van der Waals surface area contributed by atoms with E-state index < -0.39 is 0 Å². The predicted octanol–water partition coefficient (Wildman–Crippen LogP) is 1.62. The summed E-state index contributed by atoms with van der Waals surface area (Å²) < 4.78 is 1.17. The lowest BCUT2D eigenvalue weighted by atomic mass is 10.1. The quantitative estimate of drug-likeness (QED) is 0.629. The van der Waals surface area contributed by atoms with Gasteiger partial charge in [-0.05, 0) is 31.9 Å². The number of hydrogen-bond donors (Lipinski definition) is 0. The summed E-state index contributed by atoms with van der Waals surface area (Å²) >= 11 is 0. The number of quaternary nitrogens is 1. The van der Waals surface area contributed by atoms with Gasteiger partial charge >= 0.3 is 0 Å². The predicted molar refractivity (Wildman–Crippen MR) is 78.3 cm³/mol. The Morgan fingerprint density at radius 3 is 1.72 bits per heavy atom.